The van der Waals surface area contributed by atoms with E-state index in [1.165, 1.54) is 25.3 Å². The third-order valence-electron chi connectivity index (χ3n) is 2.91. The number of aromatic nitrogens is 1. The first kappa shape index (κ1) is 14.4. The first-order chi connectivity index (χ1) is 9.88. The van der Waals surface area contributed by atoms with Crippen molar-refractivity contribution in [1.29, 1.82) is 0 Å². The van der Waals surface area contributed by atoms with Crippen LogP contribution in [0, 0.1) is 12.7 Å². The van der Waals surface area contributed by atoms with E-state index in [1.807, 2.05) is 0 Å². The van der Waals surface area contributed by atoms with E-state index in [4.69, 9.17) is 5.73 Å². The van der Waals surface area contributed by atoms with Gasteiger partial charge in [-0.1, -0.05) is 0 Å². The van der Waals surface area contributed by atoms with Crippen LogP contribution in [-0.4, -0.2) is 16.8 Å². The highest BCUT2D eigenvalue weighted by Crippen LogP contribution is 2.21. The largest absolute Gasteiger partial charge is 0.366 e. The van der Waals surface area contributed by atoms with Crippen LogP contribution in [-0.2, 0) is 0 Å². The van der Waals surface area contributed by atoms with Crippen LogP contribution in [0.3, 0.4) is 0 Å². The van der Waals surface area contributed by atoms with Crippen molar-refractivity contribution in [1.82, 2.24) is 4.98 Å². The lowest BCUT2D eigenvalue weighted by atomic mass is 10.1. The van der Waals surface area contributed by atoms with E-state index in [0.717, 1.165) is 12.1 Å². The standard InChI is InChI=1S/C14H12FN3O3/c1-7-10(15)4-9(13(16)20)5-11(7)18-14(21)8-2-3-17-12(19)6-8/h2-6H,1H3,(H2,16,20)(H,17,19)(H,18,21). The number of nitrogens with two attached hydrogens (primary N) is 1. The van der Waals surface area contributed by atoms with E-state index in [2.05, 4.69) is 10.3 Å². The Morgan fingerprint density at radius 2 is 1.95 bits per heavy atom. The summed E-state index contributed by atoms with van der Waals surface area (Å²) >= 11 is 0. The van der Waals surface area contributed by atoms with Gasteiger partial charge in [0.1, 0.15) is 5.82 Å². The summed E-state index contributed by atoms with van der Waals surface area (Å²) in [6.45, 7) is 1.45. The number of primary amides is 1. The van der Waals surface area contributed by atoms with Crippen molar-refractivity contribution in [3.8, 4) is 0 Å². The van der Waals surface area contributed by atoms with E-state index in [9.17, 15) is 18.8 Å². The topological polar surface area (TPSA) is 105 Å². The summed E-state index contributed by atoms with van der Waals surface area (Å²) in [6, 6.07) is 4.80. The Morgan fingerprint density at radius 3 is 2.57 bits per heavy atom. The van der Waals surface area contributed by atoms with Gasteiger partial charge >= 0.3 is 0 Å². The zero-order chi connectivity index (χ0) is 15.6. The summed E-state index contributed by atoms with van der Waals surface area (Å²) < 4.78 is 13.7. The lowest BCUT2D eigenvalue weighted by molar-refractivity contribution is 0.0995. The van der Waals surface area contributed by atoms with Crippen LogP contribution in [0.15, 0.2) is 35.3 Å². The number of aromatic amines is 1. The molecule has 0 aliphatic heterocycles. The molecule has 0 bridgehead atoms. The molecule has 108 valence electrons. The lowest BCUT2D eigenvalue weighted by Crippen LogP contribution is -2.18. The minimum Gasteiger partial charge on any atom is -0.366 e. The van der Waals surface area contributed by atoms with Gasteiger partial charge in [0.15, 0.2) is 0 Å². The molecule has 21 heavy (non-hydrogen) atoms. The number of rotatable bonds is 3. The zero-order valence-corrected chi connectivity index (χ0v) is 11.1. The van der Waals surface area contributed by atoms with E-state index in [0.29, 0.717) is 0 Å². The highest BCUT2D eigenvalue weighted by Gasteiger charge is 2.13. The second-order valence-corrected chi connectivity index (χ2v) is 4.39. The van der Waals surface area contributed by atoms with Gasteiger partial charge in [-0.05, 0) is 25.1 Å². The lowest BCUT2D eigenvalue weighted by Gasteiger charge is -2.10. The molecule has 6 nitrogen and oxygen atoms in total. The molecule has 0 fully saturated rings. The molecule has 0 atom stereocenters. The monoisotopic (exact) mass is 289 g/mol. The maximum atomic E-state index is 13.7. The number of halogens is 1. The van der Waals surface area contributed by atoms with Crippen molar-refractivity contribution in [2.75, 3.05) is 5.32 Å². The molecule has 2 amide bonds. The maximum absolute atomic E-state index is 13.7. The Hall–Kier alpha value is -2.96. The van der Waals surface area contributed by atoms with E-state index in [1.54, 1.807) is 0 Å². The summed E-state index contributed by atoms with van der Waals surface area (Å²) in [7, 11) is 0. The molecule has 0 aliphatic carbocycles. The fourth-order valence-corrected chi connectivity index (χ4v) is 1.73. The molecule has 4 N–H and O–H groups in total. The van der Waals surface area contributed by atoms with Gasteiger partial charge in [-0.15, -0.1) is 0 Å². The van der Waals surface area contributed by atoms with Crippen molar-refractivity contribution < 1.29 is 14.0 Å². The van der Waals surface area contributed by atoms with Gasteiger partial charge in [0.05, 0.1) is 0 Å². The Bertz CT molecular complexity index is 783. The van der Waals surface area contributed by atoms with Crippen LogP contribution in [0.4, 0.5) is 10.1 Å². The molecule has 7 heteroatoms. The third kappa shape index (κ3) is 3.14. The molecular weight excluding hydrogens is 277 g/mol. The molecule has 0 radical (unpaired) electrons. The number of carbonyl (C=O) groups is 2. The van der Waals surface area contributed by atoms with Gasteiger partial charge < -0.3 is 16.0 Å². The van der Waals surface area contributed by atoms with Crippen molar-refractivity contribution in [3.63, 3.8) is 0 Å². The smallest absolute Gasteiger partial charge is 0.255 e. The second-order valence-electron chi connectivity index (χ2n) is 4.39. The third-order valence-corrected chi connectivity index (χ3v) is 2.91. The van der Waals surface area contributed by atoms with Gasteiger partial charge in [0.25, 0.3) is 5.91 Å². The maximum Gasteiger partial charge on any atom is 0.255 e. The van der Waals surface area contributed by atoms with Gasteiger partial charge in [0.2, 0.25) is 11.5 Å². The fraction of sp³-hybridized carbons (Fsp3) is 0.0714. The predicted molar refractivity (Wildman–Crippen MR) is 74.7 cm³/mol. The first-order valence-electron chi connectivity index (χ1n) is 5.98. The summed E-state index contributed by atoms with van der Waals surface area (Å²) in [6.07, 6.45) is 1.32. The molecule has 0 unspecified atom stereocenters. The molecule has 1 heterocycles. The Morgan fingerprint density at radius 1 is 1.24 bits per heavy atom. The SMILES string of the molecule is Cc1c(F)cc(C(N)=O)cc1NC(=O)c1cc[nH]c(=O)c1. The zero-order valence-electron chi connectivity index (χ0n) is 11.1. The minimum absolute atomic E-state index is 0.0562. The van der Waals surface area contributed by atoms with E-state index >= 15 is 0 Å². The van der Waals surface area contributed by atoms with Crippen molar-refractivity contribution >= 4 is 17.5 Å². The van der Waals surface area contributed by atoms with Crippen molar-refractivity contribution in [2.45, 2.75) is 6.92 Å². The van der Waals surface area contributed by atoms with Crippen LogP contribution >= 0.6 is 0 Å². The number of pyridine rings is 1. The molecule has 2 aromatic rings. The minimum atomic E-state index is -0.805. The van der Waals surface area contributed by atoms with Crippen LogP contribution in [0.5, 0.6) is 0 Å². The molecular formula is C14H12FN3O3. The Kier molecular flexibility index (Phi) is 3.84. The van der Waals surface area contributed by atoms with Crippen molar-refractivity contribution in [2.24, 2.45) is 5.73 Å². The van der Waals surface area contributed by atoms with Gasteiger partial charge in [-0.3, -0.25) is 14.4 Å². The fourth-order valence-electron chi connectivity index (χ4n) is 1.73. The highest BCUT2D eigenvalue weighted by molar-refractivity contribution is 6.05. The Labute approximate surface area is 118 Å². The normalized spacial score (nSPS) is 10.2. The number of nitrogens with one attached hydrogen (secondary N) is 2. The number of anilines is 1. The number of carbonyl (C=O) groups excluding carboxylic acids is 2. The molecule has 0 saturated heterocycles. The number of hydrogen-bond acceptors (Lipinski definition) is 3. The van der Waals surface area contributed by atoms with Gasteiger partial charge in [0, 0.05) is 34.6 Å². The number of H-pyrrole nitrogens is 1. The average Bonchev–Trinajstić information content (AvgIpc) is 2.43. The van der Waals surface area contributed by atoms with Crippen LogP contribution in [0.1, 0.15) is 26.3 Å². The average molecular weight is 289 g/mol. The van der Waals surface area contributed by atoms with Crippen molar-refractivity contribution in [3.05, 3.63) is 63.3 Å². The molecule has 2 rings (SSSR count). The quantitative estimate of drug-likeness (QED) is 0.789. The molecule has 0 saturated carbocycles. The number of hydrogen-bond donors (Lipinski definition) is 3. The summed E-state index contributed by atoms with van der Waals surface area (Å²) in [5.74, 6) is -2.06. The highest BCUT2D eigenvalue weighted by atomic mass is 19.1. The summed E-state index contributed by atoms with van der Waals surface area (Å²) in [5, 5.41) is 2.45. The molecule has 1 aromatic carbocycles. The summed E-state index contributed by atoms with van der Waals surface area (Å²) in [4.78, 5) is 36.7. The van der Waals surface area contributed by atoms with Crippen LogP contribution in [0.2, 0.25) is 0 Å². The van der Waals surface area contributed by atoms with E-state index < -0.39 is 23.2 Å². The van der Waals surface area contributed by atoms with Crippen LogP contribution < -0.4 is 16.6 Å². The molecule has 0 spiro atoms. The first-order valence-corrected chi connectivity index (χ1v) is 5.98. The predicted octanol–water partition coefficient (Wildman–Crippen LogP) is 1.17. The van der Waals surface area contributed by atoms with E-state index in [-0.39, 0.29) is 22.4 Å². The Balaban J connectivity index is 2.37. The second kappa shape index (κ2) is 5.58. The number of amides is 2. The number of benzene rings is 1. The van der Waals surface area contributed by atoms with Gasteiger partial charge in [-0.25, -0.2) is 4.39 Å². The molecule has 0 aliphatic rings. The van der Waals surface area contributed by atoms with Crippen LogP contribution in [0.25, 0.3) is 0 Å². The molecule has 1 aromatic heterocycles. The summed E-state index contributed by atoms with van der Waals surface area (Å²) in [5.41, 5.74) is 5.01. The van der Waals surface area contributed by atoms with Gasteiger partial charge in [-0.2, -0.15) is 0 Å².